The third-order valence-corrected chi connectivity index (χ3v) is 6.34. The van der Waals surface area contributed by atoms with E-state index >= 15 is 0 Å². The van der Waals surface area contributed by atoms with Crippen LogP contribution in [-0.4, -0.2) is 57.5 Å². The molecule has 0 aromatic heterocycles. The van der Waals surface area contributed by atoms with E-state index in [-0.39, 0.29) is 17.0 Å². The average Bonchev–Trinajstić information content (AvgIpc) is 2.63. The Bertz CT molecular complexity index is 939. The lowest BCUT2D eigenvalue weighted by atomic mass is 9.96. The summed E-state index contributed by atoms with van der Waals surface area (Å²) in [6, 6.07) is 13.0. The van der Waals surface area contributed by atoms with Crippen molar-refractivity contribution in [3.8, 4) is 0 Å². The molecule has 0 spiro atoms. The molecular weight excluding hydrogens is 352 g/mol. The first-order chi connectivity index (χ1) is 12.3. The van der Waals surface area contributed by atoms with Crippen LogP contribution in [-0.2, 0) is 10.0 Å². The first-order valence-corrected chi connectivity index (χ1v) is 9.81. The van der Waals surface area contributed by atoms with Crippen LogP contribution in [0.25, 0.3) is 0 Å². The Morgan fingerprint density at radius 2 is 1.65 bits per heavy atom. The summed E-state index contributed by atoms with van der Waals surface area (Å²) in [5.74, 6) is -0.972. The van der Waals surface area contributed by atoms with E-state index in [1.807, 2.05) is 14.1 Å². The second-order valence-electron chi connectivity index (χ2n) is 6.57. The van der Waals surface area contributed by atoms with Gasteiger partial charge in [0.25, 0.3) is 0 Å². The Morgan fingerprint density at radius 3 is 2.31 bits per heavy atom. The highest BCUT2D eigenvalue weighted by molar-refractivity contribution is 7.89. The van der Waals surface area contributed by atoms with Crippen molar-refractivity contribution in [2.75, 3.05) is 27.2 Å². The van der Waals surface area contributed by atoms with Gasteiger partial charge >= 0.3 is 0 Å². The van der Waals surface area contributed by atoms with Crippen LogP contribution in [0, 0.1) is 0 Å². The van der Waals surface area contributed by atoms with E-state index in [1.165, 1.54) is 12.1 Å². The number of fused-ring (bicyclic) bond motifs is 1. The number of hydrogen-bond acceptors (Lipinski definition) is 4. The Kier molecular flexibility index (Phi) is 5.04. The molecule has 1 heterocycles. The Labute approximate surface area is 153 Å². The van der Waals surface area contributed by atoms with E-state index in [1.54, 1.807) is 42.5 Å². The largest absolute Gasteiger partial charge is 0.339 e. The smallest absolute Gasteiger partial charge is 0.245 e. The molecule has 0 aliphatic carbocycles. The van der Waals surface area contributed by atoms with Crippen LogP contribution in [0.3, 0.4) is 0 Å². The second-order valence-corrected chi connectivity index (χ2v) is 8.43. The highest BCUT2D eigenvalue weighted by atomic mass is 32.2. The fourth-order valence-corrected chi connectivity index (χ4v) is 4.78. The SMILES string of the molecule is C[NH+](C)CCN1[C@H](C(=O)c2ccccc2)C(=O)c2ccccc2S1(=O)=O. The molecule has 0 saturated heterocycles. The molecule has 0 saturated carbocycles. The number of carbonyl (C=O) groups excluding carboxylic acids is 2. The summed E-state index contributed by atoms with van der Waals surface area (Å²) in [6.07, 6.45) is 0. The van der Waals surface area contributed by atoms with Gasteiger partial charge < -0.3 is 4.90 Å². The van der Waals surface area contributed by atoms with E-state index in [0.717, 1.165) is 9.21 Å². The minimum atomic E-state index is -3.94. The minimum Gasteiger partial charge on any atom is -0.339 e. The first kappa shape index (κ1) is 18.4. The molecule has 2 aromatic rings. The van der Waals surface area contributed by atoms with E-state index in [4.69, 9.17) is 0 Å². The van der Waals surface area contributed by atoms with E-state index in [0.29, 0.717) is 12.1 Å². The molecule has 2 aromatic carbocycles. The summed E-state index contributed by atoms with van der Waals surface area (Å²) < 4.78 is 27.3. The zero-order valence-electron chi connectivity index (χ0n) is 14.7. The summed E-state index contributed by atoms with van der Waals surface area (Å²) in [6.45, 7) is 0.571. The van der Waals surface area contributed by atoms with Crippen molar-refractivity contribution >= 4 is 21.6 Å². The lowest BCUT2D eigenvalue weighted by Gasteiger charge is -2.33. The normalized spacial score (nSPS) is 19.3. The van der Waals surface area contributed by atoms with Crippen LogP contribution in [0.4, 0.5) is 0 Å². The Morgan fingerprint density at radius 1 is 1.04 bits per heavy atom. The van der Waals surface area contributed by atoms with Crippen molar-refractivity contribution < 1.29 is 22.9 Å². The zero-order valence-corrected chi connectivity index (χ0v) is 15.5. The number of Topliss-reactive ketones (excluding diaryl/α,β-unsaturated/α-hetero) is 2. The van der Waals surface area contributed by atoms with Crippen molar-refractivity contribution in [3.63, 3.8) is 0 Å². The number of likely N-dealkylation sites (N-methyl/N-ethyl adjacent to an activating group) is 1. The van der Waals surface area contributed by atoms with Crippen LogP contribution in [0.5, 0.6) is 0 Å². The van der Waals surface area contributed by atoms with Crippen molar-refractivity contribution in [3.05, 3.63) is 65.7 Å². The molecule has 3 rings (SSSR count). The maximum atomic E-state index is 13.1. The maximum Gasteiger partial charge on any atom is 0.245 e. The first-order valence-electron chi connectivity index (χ1n) is 8.37. The number of sulfonamides is 1. The molecule has 1 N–H and O–H groups in total. The fourth-order valence-electron chi connectivity index (χ4n) is 3.03. The molecule has 6 nitrogen and oxygen atoms in total. The highest BCUT2D eigenvalue weighted by Gasteiger charge is 2.47. The molecule has 0 radical (unpaired) electrons. The quantitative estimate of drug-likeness (QED) is 0.603. The minimum absolute atomic E-state index is 0.0316. The summed E-state index contributed by atoms with van der Waals surface area (Å²) >= 11 is 0. The lowest BCUT2D eigenvalue weighted by Crippen LogP contribution is -3.06. The number of carbonyl (C=O) groups is 2. The van der Waals surface area contributed by atoms with Crippen molar-refractivity contribution in [1.82, 2.24) is 4.31 Å². The van der Waals surface area contributed by atoms with Crippen LogP contribution in [0.2, 0.25) is 0 Å². The van der Waals surface area contributed by atoms with Crippen molar-refractivity contribution in [2.45, 2.75) is 10.9 Å². The third-order valence-electron chi connectivity index (χ3n) is 4.41. The van der Waals surface area contributed by atoms with Gasteiger partial charge in [-0.15, -0.1) is 0 Å². The highest BCUT2D eigenvalue weighted by Crippen LogP contribution is 2.31. The van der Waals surface area contributed by atoms with Gasteiger partial charge in [-0.3, -0.25) is 9.59 Å². The predicted octanol–water partition coefficient (Wildman–Crippen LogP) is 0.270. The topological polar surface area (TPSA) is 76.0 Å². The zero-order chi connectivity index (χ0) is 18.9. The number of nitrogens with one attached hydrogen (secondary N) is 1. The summed E-state index contributed by atoms with van der Waals surface area (Å²) in [4.78, 5) is 27.1. The number of hydrogen-bond donors (Lipinski definition) is 1. The third kappa shape index (κ3) is 3.21. The lowest BCUT2D eigenvalue weighted by molar-refractivity contribution is -0.857. The van der Waals surface area contributed by atoms with Crippen LogP contribution < -0.4 is 4.90 Å². The van der Waals surface area contributed by atoms with Gasteiger partial charge in [-0.2, -0.15) is 4.31 Å². The molecule has 1 aliphatic rings. The van der Waals surface area contributed by atoms with Gasteiger partial charge in [0, 0.05) is 11.1 Å². The molecule has 0 bridgehead atoms. The van der Waals surface area contributed by atoms with Gasteiger partial charge in [0.1, 0.15) is 0 Å². The standard InChI is InChI=1S/C19H20N2O4S/c1-20(2)12-13-21-17(18(22)14-8-4-3-5-9-14)19(23)15-10-6-7-11-16(15)26(21,24)25/h3-11,17H,12-13H2,1-2H3/p+1/t17-/m1/s1. The Hall–Kier alpha value is -2.35. The molecule has 0 fully saturated rings. The second kappa shape index (κ2) is 7.11. The average molecular weight is 373 g/mol. The van der Waals surface area contributed by atoms with E-state index in [2.05, 4.69) is 0 Å². The molecule has 136 valence electrons. The number of nitrogens with zero attached hydrogens (tertiary/aromatic N) is 1. The van der Waals surface area contributed by atoms with Gasteiger partial charge in [0.15, 0.2) is 17.6 Å². The van der Waals surface area contributed by atoms with E-state index in [9.17, 15) is 18.0 Å². The number of ketones is 2. The van der Waals surface area contributed by atoms with Crippen LogP contribution in [0.1, 0.15) is 20.7 Å². The van der Waals surface area contributed by atoms with Gasteiger partial charge in [-0.25, -0.2) is 8.42 Å². The summed E-state index contributed by atoms with van der Waals surface area (Å²) in [5.41, 5.74) is 0.401. The number of quaternary nitrogens is 1. The van der Waals surface area contributed by atoms with Gasteiger partial charge in [0.2, 0.25) is 10.0 Å². The molecule has 1 aliphatic heterocycles. The molecular formula is C19H21N2O4S+. The monoisotopic (exact) mass is 373 g/mol. The summed E-state index contributed by atoms with van der Waals surface area (Å²) in [7, 11) is -0.157. The molecule has 0 unspecified atom stereocenters. The van der Waals surface area contributed by atoms with Crippen molar-refractivity contribution in [1.29, 1.82) is 0 Å². The van der Waals surface area contributed by atoms with Crippen LogP contribution >= 0.6 is 0 Å². The van der Waals surface area contributed by atoms with Gasteiger partial charge in [-0.05, 0) is 12.1 Å². The fraction of sp³-hybridized carbons (Fsp3) is 0.263. The van der Waals surface area contributed by atoms with Crippen molar-refractivity contribution in [2.24, 2.45) is 0 Å². The Balaban J connectivity index is 2.13. The maximum absolute atomic E-state index is 13.1. The summed E-state index contributed by atoms with van der Waals surface area (Å²) in [5, 5.41) is 0. The number of benzene rings is 2. The number of rotatable bonds is 5. The molecule has 26 heavy (non-hydrogen) atoms. The van der Waals surface area contributed by atoms with Gasteiger partial charge in [-0.1, -0.05) is 42.5 Å². The molecule has 1 atom stereocenters. The molecule has 0 amide bonds. The van der Waals surface area contributed by atoms with E-state index < -0.39 is 27.6 Å². The predicted molar refractivity (Wildman–Crippen MR) is 96.9 cm³/mol. The van der Waals surface area contributed by atoms with Gasteiger partial charge in [0.05, 0.1) is 32.1 Å². The van der Waals surface area contributed by atoms with Crippen LogP contribution in [0.15, 0.2) is 59.5 Å². The molecule has 7 heteroatoms.